The van der Waals surface area contributed by atoms with Gasteiger partial charge in [-0.2, -0.15) is 0 Å². The Balaban J connectivity index is 2.30. The zero-order valence-corrected chi connectivity index (χ0v) is 11.9. The number of aromatic nitrogens is 3. The minimum atomic E-state index is -0.494. The molecule has 2 rings (SSSR count). The molecule has 3 N–H and O–H groups in total. The van der Waals surface area contributed by atoms with E-state index in [9.17, 15) is 9.59 Å². The van der Waals surface area contributed by atoms with Gasteiger partial charge in [-0.15, -0.1) is 5.10 Å². The van der Waals surface area contributed by atoms with Crippen LogP contribution in [0.1, 0.15) is 0 Å². The Labute approximate surface area is 120 Å². The van der Waals surface area contributed by atoms with E-state index >= 15 is 0 Å². The van der Waals surface area contributed by atoms with Crippen molar-refractivity contribution in [3.05, 3.63) is 45.1 Å². The summed E-state index contributed by atoms with van der Waals surface area (Å²) < 4.78 is 7.49. The van der Waals surface area contributed by atoms with Gasteiger partial charge in [0.15, 0.2) is 0 Å². The van der Waals surface area contributed by atoms with Crippen LogP contribution in [0.4, 0.5) is 11.5 Å². The molecule has 0 aliphatic rings. The smallest absolute Gasteiger partial charge is 0.346 e. The maximum atomic E-state index is 12.0. The molecule has 112 valence electrons. The Morgan fingerprint density at radius 2 is 2.10 bits per heavy atom. The molecule has 1 aromatic heterocycles. The number of aryl methyl sites for hydroxylation is 1. The number of nitrogens with one attached hydrogen (secondary N) is 1. The van der Waals surface area contributed by atoms with Gasteiger partial charge in [-0.1, -0.05) is 6.07 Å². The molecule has 0 unspecified atom stereocenters. The van der Waals surface area contributed by atoms with Crippen LogP contribution in [0.2, 0.25) is 0 Å². The first-order valence-corrected chi connectivity index (χ1v) is 6.37. The van der Waals surface area contributed by atoms with Crippen molar-refractivity contribution in [2.75, 3.05) is 18.5 Å². The summed E-state index contributed by atoms with van der Waals surface area (Å²) >= 11 is 0. The van der Waals surface area contributed by atoms with Gasteiger partial charge < -0.3 is 15.8 Å². The first kappa shape index (κ1) is 14.8. The van der Waals surface area contributed by atoms with E-state index in [1.54, 1.807) is 24.3 Å². The molecule has 21 heavy (non-hydrogen) atoms. The first-order valence-electron chi connectivity index (χ1n) is 6.37. The van der Waals surface area contributed by atoms with E-state index in [2.05, 4.69) is 10.4 Å². The van der Waals surface area contributed by atoms with Crippen LogP contribution in [0, 0.1) is 0 Å². The Kier molecular flexibility index (Phi) is 4.39. The second-order valence-corrected chi connectivity index (χ2v) is 4.41. The molecule has 0 bridgehead atoms. The molecular formula is C13H17N5O3. The number of nitrogens with two attached hydrogens (primary N) is 1. The van der Waals surface area contributed by atoms with Gasteiger partial charge in [0, 0.05) is 32.4 Å². The quantitative estimate of drug-likeness (QED) is 0.774. The molecule has 2 aromatic rings. The predicted molar refractivity (Wildman–Crippen MR) is 79.0 cm³/mol. The van der Waals surface area contributed by atoms with Crippen molar-refractivity contribution in [2.24, 2.45) is 19.8 Å². The van der Waals surface area contributed by atoms with Gasteiger partial charge in [-0.25, -0.2) is 9.48 Å². The maximum absolute atomic E-state index is 12.0. The molecule has 0 saturated carbocycles. The minimum Gasteiger partial charge on any atom is -0.492 e. The van der Waals surface area contributed by atoms with Crippen molar-refractivity contribution >= 4 is 11.5 Å². The maximum Gasteiger partial charge on any atom is 0.346 e. The summed E-state index contributed by atoms with van der Waals surface area (Å²) in [6, 6.07) is 7.05. The van der Waals surface area contributed by atoms with Crippen molar-refractivity contribution in [2.45, 2.75) is 0 Å². The van der Waals surface area contributed by atoms with Crippen LogP contribution in [0.15, 0.2) is 33.9 Å². The molecular weight excluding hydrogens is 274 g/mol. The summed E-state index contributed by atoms with van der Waals surface area (Å²) in [5.74, 6) is 0.697. The molecule has 0 amide bonds. The number of anilines is 2. The normalized spacial score (nSPS) is 10.4. The Morgan fingerprint density at radius 1 is 1.33 bits per heavy atom. The summed E-state index contributed by atoms with van der Waals surface area (Å²) in [5.41, 5.74) is 5.04. The van der Waals surface area contributed by atoms with E-state index in [-0.39, 0.29) is 5.82 Å². The van der Waals surface area contributed by atoms with E-state index < -0.39 is 11.2 Å². The van der Waals surface area contributed by atoms with Gasteiger partial charge in [0.1, 0.15) is 12.4 Å². The van der Waals surface area contributed by atoms with Gasteiger partial charge in [0.05, 0.1) is 0 Å². The van der Waals surface area contributed by atoms with Crippen LogP contribution in [0.5, 0.6) is 5.75 Å². The fourth-order valence-electron chi connectivity index (χ4n) is 1.75. The lowest BCUT2D eigenvalue weighted by molar-refractivity contribution is 0.328. The number of rotatable bonds is 5. The Hall–Kier alpha value is -2.61. The van der Waals surface area contributed by atoms with E-state index in [1.807, 2.05) is 0 Å². The Bertz CT molecular complexity index is 750. The molecule has 0 saturated heterocycles. The van der Waals surface area contributed by atoms with E-state index in [0.29, 0.717) is 24.6 Å². The third-order valence-corrected chi connectivity index (χ3v) is 2.80. The van der Waals surface area contributed by atoms with E-state index in [1.165, 1.54) is 14.1 Å². The zero-order valence-electron chi connectivity index (χ0n) is 11.9. The highest BCUT2D eigenvalue weighted by molar-refractivity contribution is 5.57. The lowest BCUT2D eigenvalue weighted by Gasteiger charge is -2.10. The number of benzene rings is 1. The van der Waals surface area contributed by atoms with Crippen LogP contribution in [-0.2, 0) is 14.1 Å². The lowest BCUT2D eigenvalue weighted by Crippen LogP contribution is -2.39. The highest BCUT2D eigenvalue weighted by Crippen LogP contribution is 2.18. The number of ether oxygens (including phenoxy) is 1. The van der Waals surface area contributed by atoms with Crippen molar-refractivity contribution in [3.8, 4) is 5.75 Å². The fraction of sp³-hybridized carbons (Fsp3) is 0.308. The van der Waals surface area contributed by atoms with Crippen LogP contribution in [0.3, 0.4) is 0 Å². The summed E-state index contributed by atoms with van der Waals surface area (Å²) in [6.45, 7) is 0.823. The summed E-state index contributed by atoms with van der Waals surface area (Å²) in [6.07, 6.45) is 0. The van der Waals surface area contributed by atoms with E-state index in [0.717, 1.165) is 9.25 Å². The molecule has 1 heterocycles. The van der Waals surface area contributed by atoms with Gasteiger partial charge >= 0.3 is 5.69 Å². The van der Waals surface area contributed by atoms with Crippen molar-refractivity contribution in [1.29, 1.82) is 0 Å². The largest absolute Gasteiger partial charge is 0.492 e. The fourth-order valence-corrected chi connectivity index (χ4v) is 1.75. The summed E-state index contributed by atoms with van der Waals surface area (Å²) in [5, 5.41) is 6.80. The molecule has 0 aliphatic carbocycles. The SMILES string of the molecule is Cn1nc(Nc2cccc(OCCN)c2)c(=O)n(C)c1=O. The third kappa shape index (κ3) is 3.29. The molecule has 8 heteroatoms. The molecule has 0 spiro atoms. The molecule has 0 atom stereocenters. The van der Waals surface area contributed by atoms with Gasteiger partial charge in [-0.3, -0.25) is 9.36 Å². The standard InChI is InChI=1S/C13H17N5O3/c1-17-12(19)11(16-18(2)13(17)20)15-9-4-3-5-10(8-9)21-7-6-14/h3-5,8H,6-7,14H2,1-2H3,(H,15,16). The second-order valence-electron chi connectivity index (χ2n) is 4.41. The summed E-state index contributed by atoms with van der Waals surface area (Å²) in [4.78, 5) is 23.6. The van der Waals surface area contributed by atoms with Crippen molar-refractivity contribution < 1.29 is 4.74 Å². The topological polar surface area (TPSA) is 104 Å². The van der Waals surface area contributed by atoms with E-state index in [4.69, 9.17) is 10.5 Å². The number of hydrogen-bond donors (Lipinski definition) is 2. The van der Waals surface area contributed by atoms with Crippen molar-refractivity contribution in [1.82, 2.24) is 14.3 Å². The average Bonchev–Trinajstić information content (AvgIpc) is 2.49. The van der Waals surface area contributed by atoms with Crippen LogP contribution < -0.4 is 27.0 Å². The molecule has 0 radical (unpaired) electrons. The second kappa shape index (κ2) is 6.23. The molecule has 8 nitrogen and oxygen atoms in total. The monoisotopic (exact) mass is 291 g/mol. The summed E-state index contributed by atoms with van der Waals surface area (Å²) in [7, 11) is 2.88. The molecule has 1 aromatic carbocycles. The lowest BCUT2D eigenvalue weighted by atomic mass is 10.3. The first-order chi connectivity index (χ1) is 10.0. The van der Waals surface area contributed by atoms with Gasteiger partial charge in [0.25, 0.3) is 5.56 Å². The van der Waals surface area contributed by atoms with Crippen molar-refractivity contribution in [3.63, 3.8) is 0 Å². The minimum absolute atomic E-state index is 0.0653. The third-order valence-electron chi connectivity index (χ3n) is 2.80. The number of nitrogens with zero attached hydrogens (tertiary/aromatic N) is 3. The highest BCUT2D eigenvalue weighted by atomic mass is 16.5. The molecule has 0 aliphatic heterocycles. The Morgan fingerprint density at radius 3 is 2.81 bits per heavy atom. The van der Waals surface area contributed by atoms with Crippen LogP contribution in [0.25, 0.3) is 0 Å². The van der Waals surface area contributed by atoms with Gasteiger partial charge in [-0.05, 0) is 12.1 Å². The zero-order chi connectivity index (χ0) is 15.4. The number of hydrogen-bond acceptors (Lipinski definition) is 6. The highest BCUT2D eigenvalue weighted by Gasteiger charge is 2.09. The molecule has 0 fully saturated rings. The van der Waals surface area contributed by atoms with Crippen LogP contribution >= 0.6 is 0 Å². The average molecular weight is 291 g/mol. The predicted octanol–water partition coefficient (Wildman–Crippen LogP) is -0.440. The van der Waals surface area contributed by atoms with Crippen LogP contribution in [-0.4, -0.2) is 27.5 Å². The van der Waals surface area contributed by atoms with Gasteiger partial charge in [0.2, 0.25) is 5.82 Å².